The number of ether oxygens (including phenoxy) is 1. The third-order valence-corrected chi connectivity index (χ3v) is 5.89. The highest BCUT2D eigenvalue weighted by Gasteiger charge is 2.26. The van der Waals surface area contributed by atoms with Crippen LogP contribution in [0.2, 0.25) is 0 Å². The zero-order chi connectivity index (χ0) is 20.2. The summed E-state index contributed by atoms with van der Waals surface area (Å²) in [7, 11) is 1.67. The van der Waals surface area contributed by atoms with Gasteiger partial charge in [0.1, 0.15) is 11.5 Å². The molecule has 1 fully saturated rings. The lowest BCUT2D eigenvalue weighted by Crippen LogP contribution is -2.38. The van der Waals surface area contributed by atoms with Gasteiger partial charge in [0.15, 0.2) is 0 Å². The van der Waals surface area contributed by atoms with Gasteiger partial charge in [0.05, 0.1) is 25.3 Å². The molecule has 1 aromatic heterocycles. The van der Waals surface area contributed by atoms with Crippen molar-refractivity contribution < 1.29 is 13.9 Å². The number of furan rings is 1. The summed E-state index contributed by atoms with van der Waals surface area (Å²) in [6, 6.07) is 16.1. The molecule has 0 aliphatic carbocycles. The SMILES string of the molecule is COc1ccc2cc([C@@H](C)C(=O)NCC(c3ccco3)N3CCCC3)ccc2c1. The van der Waals surface area contributed by atoms with E-state index in [0.717, 1.165) is 40.9 Å². The van der Waals surface area contributed by atoms with Crippen LogP contribution in [0.15, 0.2) is 59.2 Å². The number of amides is 1. The lowest BCUT2D eigenvalue weighted by Gasteiger charge is -2.26. The highest BCUT2D eigenvalue weighted by Crippen LogP contribution is 2.27. The fourth-order valence-electron chi connectivity index (χ4n) is 4.08. The summed E-state index contributed by atoms with van der Waals surface area (Å²) >= 11 is 0. The molecule has 3 aromatic rings. The molecule has 0 bridgehead atoms. The Kier molecular flexibility index (Phi) is 5.86. The Labute approximate surface area is 171 Å². The number of nitrogens with zero attached hydrogens (tertiary/aromatic N) is 1. The second-order valence-corrected chi connectivity index (χ2v) is 7.71. The third kappa shape index (κ3) is 4.30. The Hall–Kier alpha value is -2.79. The van der Waals surface area contributed by atoms with Crippen molar-refractivity contribution in [2.45, 2.75) is 31.7 Å². The van der Waals surface area contributed by atoms with Crippen molar-refractivity contribution in [1.82, 2.24) is 10.2 Å². The van der Waals surface area contributed by atoms with E-state index >= 15 is 0 Å². The minimum absolute atomic E-state index is 0.0358. The van der Waals surface area contributed by atoms with Gasteiger partial charge >= 0.3 is 0 Å². The van der Waals surface area contributed by atoms with E-state index in [1.807, 2.05) is 49.4 Å². The van der Waals surface area contributed by atoms with Crippen LogP contribution >= 0.6 is 0 Å². The monoisotopic (exact) mass is 392 g/mol. The molecule has 2 aromatic carbocycles. The number of benzene rings is 2. The van der Waals surface area contributed by atoms with Gasteiger partial charge in [-0.15, -0.1) is 0 Å². The normalized spacial score (nSPS) is 16.6. The first-order valence-electron chi connectivity index (χ1n) is 10.3. The minimum Gasteiger partial charge on any atom is -0.497 e. The van der Waals surface area contributed by atoms with Crippen LogP contribution < -0.4 is 10.1 Å². The summed E-state index contributed by atoms with van der Waals surface area (Å²) in [5, 5.41) is 5.36. The van der Waals surface area contributed by atoms with Crippen LogP contribution in [-0.2, 0) is 4.79 Å². The van der Waals surface area contributed by atoms with Crippen molar-refractivity contribution in [1.29, 1.82) is 0 Å². The number of carbonyl (C=O) groups is 1. The van der Waals surface area contributed by atoms with Crippen LogP contribution in [-0.4, -0.2) is 37.6 Å². The zero-order valence-electron chi connectivity index (χ0n) is 17.1. The third-order valence-electron chi connectivity index (χ3n) is 5.89. The molecule has 1 aliphatic rings. The molecule has 2 heterocycles. The number of carbonyl (C=O) groups excluding carboxylic acids is 1. The van der Waals surface area contributed by atoms with Gasteiger partial charge in [-0.25, -0.2) is 0 Å². The minimum atomic E-state index is -0.225. The second-order valence-electron chi connectivity index (χ2n) is 7.71. The molecule has 5 heteroatoms. The summed E-state index contributed by atoms with van der Waals surface area (Å²) in [5.74, 6) is 1.56. The predicted molar refractivity (Wildman–Crippen MR) is 114 cm³/mol. The Balaban J connectivity index is 1.45. The lowest BCUT2D eigenvalue weighted by atomic mass is 9.97. The standard InChI is InChI=1S/C24H28N2O3/c1-17(18-7-8-20-15-21(28-2)10-9-19(20)14-18)24(27)25-16-22(23-6-5-13-29-23)26-11-3-4-12-26/h5-10,13-15,17,22H,3-4,11-12,16H2,1-2H3,(H,25,27)/t17-,22?/m1/s1. The number of likely N-dealkylation sites (tertiary alicyclic amines) is 1. The van der Waals surface area contributed by atoms with Crippen LogP contribution in [0.1, 0.15) is 43.0 Å². The van der Waals surface area contributed by atoms with Crippen molar-refractivity contribution in [3.63, 3.8) is 0 Å². The maximum atomic E-state index is 12.9. The highest BCUT2D eigenvalue weighted by atomic mass is 16.5. The Morgan fingerprint density at radius 1 is 1.14 bits per heavy atom. The number of hydrogen-bond acceptors (Lipinski definition) is 4. The van der Waals surface area contributed by atoms with Crippen LogP contribution in [0.3, 0.4) is 0 Å². The van der Waals surface area contributed by atoms with Crippen molar-refractivity contribution in [3.8, 4) is 5.75 Å². The molecule has 5 nitrogen and oxygen atoms in total. The van der Waals surface area contributed by atoms with Gasteiger partial charge in [0.2, 0.25) is 5.91 Å². The van der Waals surface area contributed by atoms with Crippen molar-refractivity contribution in [2.24, 2.45) is 0 Å². The highest BCUT2D eigenvalue weighted by molar-refractivity contribution is 5.88. The van der Waals surface area contributed by atoms with Crippen molar-refractivity contribution in [2.75, 3.05) is 26.7 Å². The van der Waals surface area contributed by atoms with E-state index in [4.69, 9.17) is 9.15 Å². The van der Waals surface area contributed by atoms with Crippen LogP contribution in [0.25, 0.3) is 10.8 Å². The molecular weight excluding hydrogens is 364 g/mol. The average molecular weight is 392 g/mol. The summed E-state index contributed by atoms with van der Waals surface area (Å²) < 4.78 is 10.9. The van der Waals surface area contributed by atoms with Gasteiger partial charge in [-0.05, 0) is 73.5 Å². The van der Waals surface area contributed by atoms with E-state index in [2.05, 4.69) is 16.3 Å². The summed E-state index contributed by atoms with van der Waals surface area (Å²) in [6.07, 6.45) is 4.10. The molecular formula is C24H28N2O3. The molecule has 1 saturated heterocycles. The van der Waals surface area contributed by atoms with E-state index < -0.39 is 0 Å². The summed E-state index contributed by atoms with van der Waals surface area (Å²) in [4.78, 5) is 15.3. The molecule has 0 radical (unpaired) electrons. The Morgan fingerprint density at radius 3 is 2.62 bits per heavy atom. The van der Waals surface area contributed by atoms with Crippen molar-refractivity contribution >= 4 is 16.7 Å². The molecule has 1 amide bonds. The first kappa shape index (κ1) is 19.5. The molecule has 29 heavy (non-hydrogen) atoms. The van der Waals surface area contributed by atoms with E-state index in [1.54, 1.807) is 13.4 Å². The topological polar surface area (TPSA) is 54.7 Å². The molecule has 1 unspecified atom stereocenters. The fourth-order valence-corrected chi connectivity index (χ4v) is 4.08. The van der Waals surface area contributed by atoms with Gasteiger partial charge < -0.3 is 14.5 Å². The Bertz CT molecular complexity index is 961. The fraction of sp³-hybridized carbons (Fsp3) is 0.375. The van der Waals surface area contributed by atoms with Crippen molar-refractivity contribution in [3.05, 3.63) is 66.1 Å². The number of rotatable bonds is 7. The molecule has 1 aliphatic heterocycles. The summed E-state index contributed by atoms with van der Waals surface area (Å²) in [6.45, 7) is 4.61. The van der Waals surface area contributed by atoms with Crippen LogP contribution in [0.5, 0.6) is 5.75 Å². The summed E-state index contributed by atoms with van der Waals surface area (Å²) in [5.41, 5.74) is 1.01. The van der Waals surface area contributed by atoms with Crippen LogP contribution in [0.4, 0.5) is 0 Å². The number of hydrogen-bond donors (Lipinski definition) is 1. The maximum Gasteiger partial charge on any atom is 0.227 e. The van der Waals surface area contributed by atoms with Gasteiger partial charge in [-0.2, -0.15) is 0 Å². The van der Waals surface area contributed by atoms with Gasteiger partial charge in [-0.1, -0.05) is 24.3 Å². The van der Waals surface area contributed by atoms with Gasteiger partial charge in [0.25, 0.3) is 0 Å². The predicted octanol–water partition coefficient (Wildman–Crippen LogP) is 4.50. The number of methoxy groups -OCH3 is 1. The smallest absolute Gasteiger partial charge is 0.227 e. The maximum absolute atomic E-state index is 12.9. The van der Waals surface area contributed by atoms with Gasteiger partial charge in [-0.3, -0.25) is 9.69 Å². The Morgan fingerprint density at radius 2 is 1.90 bits per heavy atom. The largest absolute Gasteiger partial charge is 0.497 e. The first-order valence-corrected chi connectivity index (χ1v) is 10.3. The molecule has 152 valence electrons. The zero-order valence-corrected chi connectivity index (χ0v) is 17.1. The molecule has 4 rings (SSSR count). The van der Waals surface area contributed by atoms with E-state index in [-0.39, 0.29) is 17.9 Å². The van der Waals surface area contributed by atoms with Crippen LogP contribution in [0, 0.1) is 0 Å². The van der Waals surface area contributed by atoms with E-state index in [0.29, 0.717) is 6.54 Å². The number of fused-ring (bicyclic) bond motifs is 1. The average Bonchev–Trinajstić information content (AvgIpc) is 3.47. The number of nitrogens with one attached hydrogen (secondary N) is 1. The molecule has 1 N–H and O–H groups in total. The quantitative estimate of drug-likeness (QED) is 0.643. The molecule has 0 saturated carbocycles. The molecule has 0 spiro atoms. The second kappa shape index (κ2) is 8.70. The van der Waals surface area contributed by atoms with Gasteiger partial charge in [0, 0.05) is 6.54 Å². The van der Waals surface area contributed by atoms with E-state index in [9.17, 15) is 4.79 Å². The lowest BCUT2D eigenvalue weighted by molar-refractivity contribution is -0.122. The van der Waals surface area contributed by atoms with E-state index in [1.165, 1.54) is 12.8 Å². The molecule has 2 atom stereocenters. The first-order chi connectivity index (χ1) is 14.2.